The second kappa shape index (κ2) is 7.11. The van der Waals surface area contributed by atoms with Crippen molar-refractivity contribution in [3.8, 4) is 0 Å². The molecular weight excluding hydrogens is 310 g/mol. The average Bonchev–Trinajstić information content (AvgIpc) is 2.46. The minimum Gasteiger partial charge on any atom is -0.481 e. The summed E-state index contributed by atoms with van der Waals surface area (Å²) in [5, 5.41) is 10.1. The van der Waals surface area contributed by atoms with E-state index < -0.39 is 22.0 Å². The number of nitrogens with zero attached hydrogens (tertiary/aromatic N) is 1. The molecule has 1 saturated heterocycles. The van der Waals surface area contributed by atoms with Crippen LogP contribution in [-0.4, -0.2) is 47.9 Å². The molecule has 0 amide bonds. The Morgan fingerprint density at radius 1 is 1.38 bits per heavy atom. The molecule has 5 nitrogen and oxygen atoms in total. The van der Waals surface area contributed by atoms with Gasteiger partial charge in [-0.2, -0.15) is 16.1 Å². The van der Waals surface area contributed by atoms with Crippen molar-refractivity contribution in [1.29, 1.82) is 0 Å². The van der Waals surface area contributed by atoms with Crippen LogP contribution in [0.3, 0.4) is 0 Å². The van der Waals surface area contributed by atoms with Crippen molar-refractivity contribution in [2.45, 2.75) is 12.5 Å². The first-order valence-corrected chi connectivity index (χ1v) is 9.19. The van der Waals surface area contributed by atoms with Crippen LogP contribution in [0.4, 0.5) is 0 Å². The molecule has 114 valence electrons. The fourth-order valence-electron chi connectivity index (χ4n) is 2.14. The van der Waals surface area contributed by atoms with Gasteiger partial charge in [0.25, 0.3) is 0 Å². The summed E-state index contributed by atoms with van der Waals surface area (Å²) in [6, 6.07) is 8.66. The zero-order chi connectivity index (χ0) is 15.3. The van der Waals surface area contributed by atoms with E-state index in [0.717, 1.165) is 11.0 Å². The van der Waals surface area contributed by atoms with Crippen molar-refractivity contribution in [3.05, 3.63) is 41.3 Å². The maximum Gasteiger partial charge on any atom is 0.305 e. The van der Waals surface area contributed by atoms with E-state index in [0.29, 0.717) is 18.1 Å². The van der Waals surface area contributed by atoms with E-state index in [1.165, 1.54) is 10.4 Å². The van der Waals surface area contributed by atoms with Crippen LogP contribution in [-0.2, 0) is 14.8 Å². The van der Waals surface area contributed by atoms with Crippen LogP contribution >= 0.6 is 11.8 Å². The zero-order valence-electron chi connectivity index (χ0n) is 11.4. The topological polar surface area (TPSA) is 74.7 Å². The third-order valence-corrected chi connectivity index (χ3v) is 5.85. The number of rotatable bonds is 5. The van der Waals surface area contributed by atoms with Crippen LogP contribution in [0.1, 0.15) is 12.0 Å². The molecule has 1 aliphatic heterocycles. The molecule has 0 spiro atoms. The number of carboxylic acid groups (broad SMARTS) is 1. The van der Waals surface area contributed by atoms with Gasteiger partial charge in [-0.1, -0.05) is 30.3 Å². The Kier molecular flexibility index (Phi) is 5.44. The first-order chi connectivity index (χ1) is 9.99. The molecule has 0 aliphatic carbocycles. The highest BCUT2D eigenvalue weighted by molar-refractivity contribution is 7.99. The van der Waals surface area contributed by atoms with Crippen molar-refractivity contribution in [2.75, 3.05) is 18.1 Å². The van der Waals surface area contributed by atoms with Gasteiger partial charge in [-0.3, -0.25) is 4.79 Å². The molecule has 7 heteroatoms. The highest BCUT2D eigenvalue weighted by atomic mass is 32.2. The molecule has 1 heterocycles. The molecule has 1 unspecified atom stereocenters. The van der Waals surface area contributed by atoms with Crippen molar-refractivity contribution in [1.82, 2.24) is 4.31 Å². The first-order valence-electron chi connectivity index (χ1n) is 6.53. The lowest BCUT2D eigenvalue weighted by molar-refractivity contribution is -0.137. The van der Waals surface area contributed by atoms with Gasteiger partial charge in [0.1, 0.15) is 0 Å². The Bertz CT molecular complexity index is 613. The number of carbonyl (C=O) groups is 1. The molecule has 1 aromatic carbocycles. The monoisotopic (exact) mass is 327 g/mol. The first kappa shape index (κ1) is 16.1. The number of benzene rings is 1. The van der Waals surface area contributed by atoms with Crippen LogP contribution in [0.2, 0.25) is 0 Å². The molecule has 1 fully saturated rings. The lowest BCUT2D eigenvalue weighted by atomic mass is 10.2. The Labute approximate surface area is 128 Å². The number of aliphatic carboxylic acids is 1. The predicted molar refractivity (Wildman–Crippen MR) is 84.5 cm³/mol. The van der Waals surface area contributed by atoms with Gasteiger partial charge in [0.2, 0.25) is 10.0 Å². The van der Waals surface area contributed by atoms with Crippen LogP contribution in [0, 0.1) is 0 Å². The number of sulfonamides is 1. The van der Waals surface area contributed by atoms with Crippen LogP contribution in [0.5, 0.6) is 0 Å². The Morgan fingerprint density at radius 3 is 2.76 bits per heavy atom. The quantitative estimate of drug-likeness (QED) is 0.894. The summed E-state index contributed by atoms with van der Waals surface area (Å²) >= 11 is 1.59. The molecule has 0 radical (unpaired) electrons. The Morgan fingerprint density at radius 2 is 2.10 bits per heavy atom. The Hall–Kier alpha value is -1.31. The van der Waals surface area contributed by atoms with Crippen molar-refractivity contribution in [2.24, 2.45) is 0 Å². The summed E-state index contributed by atoms with van der Waals surface area (Å²) in [5.41, 5.74) is 0.794. The van der Waals surface area contributed by atoms with Gasteiger partial charge in [-0.25, -0.2) is 8.42 Å². The van der Waals surface area contributed by atoms with Crippen molar-refractivity contribution in [3.63, 3.8) is 0 Å². The van der Waals surface area contributed by atoms with Gasteiger partial charge in [-0.05, 0) is 11.6 Å². The van der Waals surface area contributed by atoms with E-state index in [1.54, 1.807) is 11.8 Å². The normalized spacial score (nSPS) is 20.7. The van der Waals surface area contributed by atoms with E-state index in [-0.39, 0.29) is 6.42 Å². The van der Waals surface area contributed by atoms with Crippen LogP contribution in [0.15, 0.2) is 35.7 Å². The molecule has 1 aromatic rings. The fraction of sp³-hybridized carbons (Fsp3) is 0.357. The van der Waals surface area contributed by atoms with E-state index >= 15 is 0 Å². The number of thioether (sulfide) groups is 1. The van der Waals surface area contributed by atoms with Crippen LogP contribution in [0.25, 0.3) is 6.08 Å². The summed E-state index contributed by atoms with van der Waals surface area (Å²) in [6.07, 6.45) is 1.38. The summed E-state index contributed by atoms with van der Waals surface area (Å²) in [5.74, 6) is 0.230. The van der Waals surface area contributed by atoms with E-state index in [4.69, 9.17) is 5.11 Å². The molecule has 1 aliphatic rings. The minimum absolute atomic E-state index is 0.161. The molecule has 0 saturated carbocycles. The zero-order valence-corrected chi connectivity index (χ0v) is 13.0. The fourth-order valence-corrected chi connectivity index (χ4v) is 4.81. The second-order valence-corrected chi connectivity index (χ2v) is 7.62. The molecule has 0 aromatic heterocycles. The van der Waals surface area contributed by atoms with Gasteiger partial charge in [0.05, 0.1) is 6.42 Å². The highest BCUT2D eigenvalue weighted by Gasteiger charge is 2.32. The summed E-state index contributed by atoms with van der Waals surface area (Å²) in [7, 11) is -3.60. The molecular formula is C14H17NO4S2. The van der Waals surface area contributed by atoms with Gasteiger partial charge in [0.15, 0.2) is 0 Å². The molecule has 2 rings (SSSR count). The van der Waals surface area contributed by atoms with Crippen molar-refractivity contribution < 1.29 is 18.3 Å². The smallest absolute Gasteiger partial charge is 0.305 e. The maximum atomic E-state index is 12.4. The maximum absolute atomic E-state index is 12.4. The Balaban J connectivity index is 2.16. The lowest BCUT2D eigenvalue weighted by Gasteiger charge is -2.32. The number of hydrogen-bond donors (Lipinski definition) is 1. The van der Waals surface area contributed by atoms with Gasteiger partial charge in [0, 0.05) is 29.5 Å². The number of hydrogen-bond acceptors (Lipinski definition) is 4. The highest BCUT2D eigenvalue weighted by Crippen LogP contribution is 2.23. The summed E-state index contributed by atoms with van der Waals surface area (Å²) in [4.78, 5) is 10.9. The van der Waals surface area contributed by atoms with Gasteiger partial charge >= 0.3 is 5.97 Å². The summed E-state index contributed by atoms with van der Waals surface area (Å²) < 4.78 is 26.1. The predicted octanol–water partition coefficient (Wildman–Crippen LogP) is 1.88. The van der Waals surface area contributed by atoms with Crippen molar-refractivity contribution >= 4 is 33.8 Å². The van der Waals surface area contributed by atoms with E-state index in [2.05, 4.69) is 0 Å². The standard InChI is InChI=1S/C14H17NO4S2/c16-14(17)10-13-11-20-8-7-15(13)21(18,19)9-6-12-4-2-1-3-5-12/h1-6,9,13H,7-8,10-11H2,(H,16,17). The second-order valence-electron chi connectivity index (χ2n) is 4.70. The summed E-state index contributed by atoms with van der Waals surface area (Å²) in [6.45, 7) is 0.351. The average molecular weight is 327 g/mol. The van der Waals surface area contributed by atoms with Crippen LogP contribution < -0.4 is 0 Å². The lowest BCUT2D eigenvalue weighted by Crippen LogP contribution is -2.46. The largest absolute Gasteiger partial charge is 0.481 e. The molecule has 0 bridgehead atoms. The molecule has 1 N–H and O–H groups in total. The minimum atomic E-state index is -3.60. The van der Waals surface area contributed by atoms with Gasteiger partial charge < -0.3 is 5.11 Å². The SMILES string of the molecule is O=C(O)CC1CSCCN1S(=O)(=O)C=Cc1ccccc1. The molecule has 21 heavy (non-hydrogen) atoms. The third kappa shape index (κ3) is 4.59. The number of carboxylic acids is 1. The third-order valence-electron chi connectivity index (χ3n) is 3.14. The van der Waals surface area contributed by atoms with E-state index in [9.17, 15) is 13.2 Å². The molecule has 1 atom stereocenters. The van der Waals surface area contributed by atoms with Gasteiger partial charge in [-0.15, -0.1) is 0 Å². The van der Waals surface area contributed by atoms with E-state index in [1.807, 2.05) is 30.3 Å².